The summed E-state index contributed by atoms with van der Waals surface area (Å²) in [5.41, 5.74) is 3.12. The number of aromatic nitrogens is 2. The zero-order valence-electron chi connectivity index (χ0n) is 15.7. The molecular formula is C23H21N3O2. The minimum atomic E-state index is -0.163. The van der Waals surface area contributed by atoms with E-state index in [1.807, 2.05) is 36.4 Å². The van der Waals surface area contributed by atoms with Crippen molar-refractivity contribution in [1.29, 1.82) is 0 Å². The Bertz CT molecular complexity index is 1100. The van der Waals surface area contributed by atoms with Crippen molar-refractivity contribution < 1.29 is 9.21 Å². The van der Waals surface area contributed by atoms with Crippen molar-refractivity contribution in [3.63, 3.8) is 0 Å². The Kier molecular flexibility index (Phi) is 5.06. The lowest BCUT2D eigenvalue weighted by molar-refractivity contribution is 0.0749. The highest BCUT2D eigenvalue weighted by Crippen LogP contribution is 2.18. The molecule has 0 aliphatic heterocycles. The van der Waals surface area contributed by atoms with E-state index in [9.17, 15) is 4.79 Å². The smallest absolute Gasteiger partial charge is 0.289 e. The van der Waals surface area contributed by atoms with Gasteiger partial charge in [0, 0.05) is 13.6 Å². The van der Waals surface area contributed by atoms with Gasteiger partial charge in [0.05, 0.1) is 23.8 Å². The molecule has 0 N–H and O–H groups in total. The predicted octanol–water partition coefficient (Wildman–Crippen LogP) is 4.61. The van der Waals surface area contributed by atoms with E-state index in [2.05, 4.69) is 34.9 Å². The van der Waals surface area contributed by atoms with E-state index in [1.54, 1.807) is 24.1 Å². The van der Waals surface area contributed by atoms with Crippen LogP contribution in [0.4, 0.5) is 0 Å². The number of nitrogens with zero attached hydrogens (tertiary/aromatic N) is 3. The number of hydrogen-bond donors (Lipinski definition) is 0. The van der Waals surface area contributed by atoms with Gasteiger partial charge in [-0.1, -0.05) is 54.6 Å². The third-order valence-corrected chi connectivity index (χ3v) is 4.59. The minimum absolute atomic E-state index is 0.163. The Balaban J connectivity index is 1.60. The lowest BCUT2D eigenvalue weighted by Crippen LogP contribution is -2.27. The second-order valence-electron chi connectivity index (χ2n) is 6.58. The molecule has 5 heteroatoms. The van der Waals surface area contributed by atoms with Crippen LogP contribution < -0.4 is 0 Å². The minimum Gasteiger partial charge on any atom is -0.459 e. The summed E-state index contributed by atoms with van der Waals surface area (Å²) in [6.07, 6.45) is 5.71. The quantitative estimate of drug-likeness (QED) is 0.497. The summed E-state index contributed by atoms with van der Waals surface area (Å²) in [5.74, 6) is 0.999. The number of imidazole rings is 1. The van der Waals surface area contributed by atoms with Crippen LogP contribution in [0.3, 0.4) is 0 Å². The van der Waals surface area contributed by atoms with Gasteiger partial charge in [0.15, 0.2) is 5.76 Å². The van der Waals surface area contributed by atoms with Crippen LogP contribution in [0.2, 0.25) is 0 Å². The maximum Gasteiger partial charge on any atom is 0.289 e. The molecule has 2 heterocycles. The molecule has 0 aliphatic rings. The summed E-state index contributed by atoms with van der Waals surface area (Å²) < 4.78 is 7.37. The summed E-state index contributed by atoms with van der Waals surface area (Å²) in [6, 6.07) is 21.6. The maximum absolute atomic E-state index is 12.5. The number of amides is 1. The molecule has 0 atom stereocenters. The van der Waals surface area contributed by atoms with E-state index in [1.165, 1.54) is 6.26 Å². The Morgan fingerprint density at radius 2 is 1.86 bits per heavy atom. The lowest BCUT2D eigenvalue weighted by Gasteiger charge is -2.16. The van der Waals surface area contributed by atoms with Gasteiger partial charge >= 0.3 is 0 Å². The zero-order chi connectivity index (χ0) is 19.3. The van der Waals surface area contributed by atoms with Crippen LogP contribution in [0.1, 0.15) is 21.9 Å². The first-order chi connectivity index (χ1) is 13.7. The zero-order valence-corrected chi connectivity index (χ0v) is 15.7. The molecule has 0 saturated carbocycles. The molecule has 0 bridgehead atoms. The fourth-order valence-electron chi connectivity index (χ4n) is 3.18. The van der Waals surface area contributed by atoms with Crippen molar-refractivity contribution in [1.82, 2.24) is 14.5 Å². The predicted molar refractivity (Wildman–Crippen MR) is 110 cm³/mol. The molecule has 2 aromatic carbocycles. The monoisotopic (exact) mass is 371 g/mol. The molecule has 4 rings (SSSR count). The molecule has 4 aromatic rings. The number of allylic oxidation sites excluding steroid dienone is 1. The van der Waals surface area contributed by atoms with Crippen LogP contribution in [0.15, 0.2) is 83.5 Å². The molecule has 0 aliphatic carbocycles. The van der Waals surface area contributed by atoms with Gasteiger partial charge in [-0.3, -0.25) is 4.79 Å². The molecule has 1 amide bonds. The van der Waals surface area contributed by atoms with E-state index in [-0.39, 0.29) is 5.91 Å². The van der Waals surface area contributed by atoms with Crippen LogP contribution in [-0.2, 0) is 13.1 Å². The summed E-state index contributed by atoms with van der Waals surface area (Å²) in [7, 11) is 1.76. The average Bonchev–Trinajstić information content (AvgIpc) is 3.37. The van der Waals surface area contributed by atoms with Crippen LogP contribution in [-0.4, -0.2) is 27.4 Å². The first-order valence-electron chi connectivity index (χ1n) is 9.17. The Morgan fingerprint density at radius 3 is 2.64 bits per heavy atom. The fraction of sp³-hybridized carbons (Fsp3) is 0.130. The van der Waals surface area contributed by atoms with Crippen molar-refractivity contribution in [3.8, 4) is 0 Å². The largest absolute Gasteiger partial charge is 0.459 e. The third kappa shape index (κ3) is 3.74. The Morgan fingerprint density at radius 1 is 1.07 bits per heavy atom. The summed E-state index contributed by atoms with van der Waals surface area (Å²) in [5, 5.41) is 0. The van der Waals surface area contributed by atoms with Gasteiger partial charge in [-0.2, -0.15) is 0 Å². The van der Waals surface area contributed by atoms with E-state index < -0.39 is 0 Å². The number of hydrogen-bond acceptors (Lipinski definition) is 3. The molecule has 2 aromatic heterocycles. The van der Waals surface area contributed by atoms with E-state index >= 15 is 0 Å². The molecule has 28 heavy (non-hydrogen) atoms. The number of rotatable bonds is 6. The van der Waals surface area contributed by atoms with Crippen LogP contribution in [0.5, 0.6) is 0 Å². The van der Waals surface area contributed by atoms with E-state index in [0.717, 1.165) is 22.4 Å². The molecule has 0 radical (unpaired) electrons. The molecule has 0 saturated heterocycles. The highest BCUT2D eigenvalue weighted by molar-refractivity contribution is 5.91. The van der Waals surface area contributed by atoms with E-state index in [0.29, 0.717) is 18.8 Å². The molecule has 0 spiro atoms. The molecule has 0 unspecified atom stereocenters. The second-order valence-corrected chi connectivity index (χ2v) is 6.58. The standard InChI is InChI=1S/C23H21N3O2/c1-25(23(27)21-14-8-16-28-21)17-22-24-19-12-5-6-13-20(19)26(22)15-7-11-18-9-3-2-4-10-18/h2-14,16H,15,17H2,1H3/b11-7+. The number of para-hydroxylation sites is 2. The van der Waals surface area contributed by atoms with E-state index in [4.69, 9.17) is 9.40 Å². The number of benzene rings is 2. The van der Waals surface area contributed by atoms with Crippen LogP contribution in [0, 0.1) is 0 Å². The first kappa shape index (κ1) is 17.8. The third-order valence-electron chi connectivity index (χ3n) is 4.59. The number of carbonyl (C=O) groups is 1. The maximum atomic E-state index is 12.5. The van der Waals surface area contributed by atoms with Gasteiger partial charge in [0.1, 0.15) is 5.82 Å². The summed E-state index contributed by atoms with van der Waals surface area (Å²) in [6.45, 7) is 1.07. The summed E-state index contributed by atoms with van der Waals surface area (Å²) >= 11 is 0. The SMILES string of the molecule is CN(Cc1nc2ccccc2n1C/C=C/c1ccccc1)C(=O)c1ccco1. The van der Waals surface area contributed by atoms with Crippen molar-refractivity contribution >= 4 is 23.0 Å². The first-order valence-corrected chi connectivity index (χ1v) is 9.17. The highest BCUT2D eigenvalue weighted by Gasteiger charge is 2.18. The molecular weight excluding hydrogens is 350 g/mol. The fourth-order valence-corrected chi connectivity index (χ4v) is 3.18. The van der Waals surface area contributed by atoms with Gasteiger partial charge < -0.3 is 13.9 Å². The molecule has 0 fully saturated rings. The highest BCUT2D eigenvalue weighted by atomic mass is 16.3. The van der Waals surface area contributed by atoms with Gasteiger partial charge in [0.2, 0.25) is 0 Å². The van der Waals surface area contributed by atoms with Gasteiger partial charge in [-0.15, -0.1) is 0 Å². The topological polar surface area (TPSA) is 51.3 Å². The number of furan rings is 1. The van der Waals surface area contributed by atoms with Crippen LogP contribution >= 0.6 is 0 Å². The Hall–Kier alpha value is -3.60. The normalized spacial score (nSPS) is 11.3. The van der Waals surface area contributed by atoms with Crippen molar-refractivity contribution in [2.24, 2.45) is 0 Å². The van der Waals surface area contributed by atoms with Crippen LogP contribution in [0.25, 0.3) is 17.1 Å². The van der Waals surface area contributed by atoms with Gasteiger partial charge in [0.25, 0.3) is 5.91 Å². The Labute approximate surface area is 163 Å². The lowest BCUT2D eigenvalue weighted by atomic mass is 10.2. The number of fused-ring (bicyclic) bond motifs is 1. The van der Waals surface area contributed by atoms with Gasteiger partial charge in [-0.25, -0.2) is 4.98 Å². The van der Waals surface area contributed by atoms with Crippen molar-refractivity contribution in [2.75, 3.05) is 7.05 Å². The molecule has 140 valence electrons. The second kappa shape index (κ2) is 7.96. The van der Waals surface area contributed by atoms with Crippen molar-refractivity contribution in [3.05, 3.63) is 96.2 Å². The average molecular weight is 371 g/mol. The van der Waals surface area contributed by atoms with Gasteiger partial charge in [-0.05, 0) is 29.8 Å². The summed E-state index contributed by atoms with van der Waals surface area (Å²) in [4.78, 5) is 18.9. The number of carbonyl (C=O) groups excluding carboxylic acids is 1. The molecule has 5 nitrogen and oxygen atoms in total. The van der Waals surface area contributed by atoms with Crippen molar-refractivity contribution in [2.45, 2.75) is 13.1 Å².